The molecule has 3 rings (SSSR count). The first-order valence-electron chi connectivity index (χ1n) is 5.63. The third-order valence-corrected chi connectivity index (χ3v) is 3.51. The van der Waals surface area contributed by atoms with Gasteiger partial charge in [-0.15, -0.1) is 0 Å². The van der Waals surface area contributed by atoms with E-state index in [1.807, 2.05) is 0 Å². The number of benzene rings is 1. The molecule has 0 amide bonds. The number of halogens is 2. The fourth-order valence-electron chi connectivity index (χ4n) is 1.88. The lowest BCUT2D eigenvalue weighted by atomic mass is 10.2. The van der Waals surface area contributed by atoms with Crippen LogP contribution in [-0.4, -0.2) is 10.1 Å². The molecule has 100 valence electrons. The quantitative estimate of drug-likeness (QED) is 0.719. The third-order valence-electron chi connectivity index (χ3n) is 2.77. The molecule has 2 heterocycles. The molecular formula is C14H7BrClNO3. The summed E-state index contributed by atoms with van der Waals surface area (Å²) in [7, 11) is 0. The van der Waals surface area contributed by atoms with Gasteiger partial charge in [0.25, 0.3) is 0 Å². The Bertz CT molecular complexity index is 876. The number of fused-ring (bicyclic) bond motifs is 1. The van der Waals surface area contributed by atoms with Crippen molar-refractivity contribution in [3.8, 4) is 17.2 Å². The SMILES string of the molecule is O=c1cc(-c2ncc(Br)cc2O)oc2c(Cl)cccc12. The molecule has 0 atom stereocenters. The van der Waals surface area contributed by atoms with Gasteiger partial charge >= 0.3 is 0 Å². The molecule has 3 aromatic rings. The Kier molecular flexibility index (Phi) is 3.23. The van der Waals surface area contributed by atoms with Crippen molar-refractivity contribution in [2.45, 2.75) is 0 Å². The molecule has 0 spiro atoms. The minimum absolute atomic E-state index is 0.0890. The van der Waals surface area contributed by atoms with E-state index in [9.17, 15) is 9.90 Å². The zero-order valence-corrected chi connectivity index (χ0v) is 12.3. The minimum Gasteiger partial charge on any atom is -0.505 e. The Morgan fingerprint density at radius 2 is 2.10 bits per heavy atom. The highest BCUT2D eigenvalue weighted by atomic mass is 79.9. The van der Waals surface area contributed by atoms with Gasteiger partial charge in [-0.3, -0.25) is 4.79 Å². The van der Waals surface area contributed by atoms with E-state index < -0.39 is 0 Å². The van der Waals surface area contributed by atoms with Crippen LogP contribution in [0.1, 0.15) is 0 Å². The van der Waals surface area contributed by atoms with Crippen LogP contribution in [-0.2, 0) is 0 Å². The summed E-state index contributed by atoms with van der Waals surface area (Å²) >= 11 is 9.23. The van der Waals surface area contributed by atoms with Crippen LogP contribution < -0.4 is 5.43 Å². The second kappa shape index (κ2) is 4.92. The van der Waals surface area contributed by atoms with Crippen LogP contribution in [0.15, 0.2) is 50.2 Å². The fraction of sp³-hybridized carbons (Fsp3) is 0. The van der Waals surface area contributed by atoms with Crippen molar-refractivity contribution < 1.29 is 9.52 Å². The fourth-order valence-corrected chi connectivity index (χ4v) is 2.41. The van der Waals surface area contributed by atoms with Crippen molar-refractivity contribution in [1.29, 1.82) is 0 Å². The highest BCUT2D eigenvalue weighted by Crippen LogP contribution is 2.31. The van der Waals surface area contributed by atoms with Crippen LogP contribution in [0.2, 0.25) is 5.02 Å². The Morgan fingerprint density at radius 1 is 1.30 bits per heavy atom. The summed E-state index contributed by atoms with van der Waals surface area (Å²) in [6, 6.07) is 7.70. The van der Waals surface area contributed by atoms with E-state index >= 15 is 0 Å². The third kappa shape index (κ3) is 2.19. The summed E-state index contributed by atoms with van der Waals surface area (Å²) < 4.78 is 6.24. The molecule has 0 aliphatic rings. The standard InChI is InChI=1S/C14H7BrClNO3/c15-7-4-11(19)13(17-6-7)12-5-10(18)8-2-1-3-9(16)14(8)20-12/h1-6,19H. The number of nitrogens with zero attached hydrogens (tertiary/aromatic N) is 1. The van der Waals surface area contributed by atoms with E-state index in [4.69, 9.17) is 16.0 Å². The lowest BCUT2D eigenvalue weighted by Gasteiger charge is -2.05. The van der Waals surface area contributed by atoms with Gasteiger partial charge in [-0.2, -0.15) is 0 Å². The Labute approximate surface area is 126 Å². The first-order valence-corrected chi connectivity index (χ1v) is 6.80. The van der Waals surface area contributed by atoms with E-state index in [0.29, 0.717) is 14.9 Å². The summed E-state index contributed by atoms with van der Waals surface area (Å²) in [6.07, 6.45) is 1.51. The highest BCUT2D eigenvalue weighted by molar-refractivity contribution is 9.10. The molecule has 0 saturated carbocycles. The topological polar surface area (TPSA) is 63.3 Å². The van der Waals surface area contributed by atoms with Crippen molar-refractivity contribution in [1.82, 2.24) is 4.98 Å². The second-order valence-electron chi connectivity index (χ2n) is 4.11. The average Bonchev–Trinajstić information content (AvgIpc) is 2.40. The zero-order chi connectivity index (χ0) is 14.3. The van der Waals surface area contributed by atoms with Crippen LogP contribution in [0.4, 0.5) is 0 Å². The molecule has 20 heavy (non-hydrogen) atoms. The van der Waals surface area contributed by atoms with Crippen LogP contribution in [0.25, 0.3) is 22.4 Å². The number of rotatable bonds is 1. The molecule has 0 saturated heterocycles. The highest BCUT2D eigenvalue weighted by Gasteiger charge is 2.13. The van der Waals surface area contributed by atoms with Crippen molar-refractivity contribution in [3.63, 3.8) is 0 Å². The molecular weight excluding hydrogens is 346 g/mol. The van der Waals surface area contributed by atoms with Crippen molar-refractivity contribution in [2.75, 3.05) is 0 Å². The molecule has 1 aromatic carbocycles. The molecule has 0 bridgehead atoms. The minimum atomic E-state index is -0.243. The Hall–Kier alpha value is -1.85. The number of para-hydroxylation sites is 1. The average molecular weight is 353 g/mol. The van der Waals surface area contributed by atoms with Gasteiger partial charge in [0.1, 0.15) is 11.4 Å². The lowest BCUT2D eigenvalue weighted by molar-refractivity contribution is 0.471. The zero-order valence-electron chi connectivity index (χ0n) is 9.93. The van der Waals surface area contributed by atoms with E-state index in [-0.39, 0.29) is 28.2 Å². The molecule has 4 nitrogen and oxygen atoms in total. The maximum absolute atomic E-state index is 12.1. The van der Waals surface area contributed by atoms with Gasteiger partial charge in [0.05, 0.1) is 10.4 Å². The van der Waals surface area contributed by atoms with E-state index in [0.717, 1.165) is 0 Å². The first kappa shape index (κ1) is 13.1. The smallest absolute Gasteiger partial charge is 0.193 e. The Morgan fingerprint density at radius 3 is 2.85 bits per heavy atom. The molecule has 2 aromatic heterocycles. The molecule has 0 unspecified atom stereocenters. The molecule has 0 fully saturated rings. The van der Waals surface area contributed by atoms with Crippen LogP contribution in [0.3, 0.4) is 0 Å². The van der Waals surface area contributed by atoms with Crippen LogP contribution in [0.5, 0.6) is 5.75 Å². The summed E-state index contributed by atoms with van der Waals surface area (Å²) in [5.41, 5.74) is 0.223. The Balaban J connectivity index is 2.32. The molecule has 0 aliphatic carbocycles. The van der Waals surface area contributed by atoms with Gasteiger partial charge in [-0.05, 0) is 34.1 Å². The second-order valence-corrected chi connectivity index (χ2v) is 5.44. The summed E-state index contributed by atoms with van der Waals surface area (Å²) in [5, 5.41) is 10.6. The maximum Gasteiger partial charge on any atom is 0.193 e. The normalized spacial score (nSPS) is 10.9. The summed E-state index contributed by atoms with van der Waals surface area (Å²) in [4.78, 5) is 16.1. The van der Waals surface area contributed by atoms with E-state index in [1.165, 1.54) is 18.3 Å². The summed E-state index contributed by atoms with van der Waals surface area (Å²) in [5.74, 6) is 0.0783. The molecule has 6 heteroatoms. The number of hydrogen-bond donors (Lipinski definition) is 1. The molecule has 0 radical (unpaired) electrons. The summed E-state index contributed by atoms with van der Waals surface area (Å²) in [6.45, 7) is 0. The monoisotopic (exact) mass is 351 g/mol. The van der Waals surface area contributed by atoms with Gasteiger partial charge in [0, 0.05) is 16.7 Å². The number of hydrogen-bond acceptors (Lipinski definition) is 4. The van der Waals surface area contributed by atoms with Gasteiger partial charge in [0.2, 0.25) is 0 Å². The van der Waals surface area contributed by atoms with Crippen LogP contribution >= 0.6 is 27.5 Å². The van der Waals surface area contributed by atoms with Crippen molar-refractivity contribution in [3.05, 3.63) is 56.2 Å². The number of aromatic hydroxyl groups is 1. The van der Waals surface area contributed by atoms with E-state index in [1.54, 1.807) is 18.2 Å². The predicted octanol–water partition coefficient (Wildman–Crippen LogP) is 3.98. The number of pyridine rings is 1. The van der Waals surface area contributed by atoms with Crippen molar-refractivity contribution >= 4 is 38.5 Å². The molecule has 1 N–H and O–H groups in total. The predicted molar refractivity (Wildman–Crippen MR) is 80.1 cm³/mol. The van der Waals surface area contributed by atoms with E-state index in [2.05, 4.69) is 20.9 Å². The van der Waals surface area contributed by atoms with Gasteiger partial charge in [0.15, 0.2) is 16.8 Å². The van der Waals surface area contributed by atoms with Gasteiger partial charge in [-0.25, -0.2) is 4.98 Å². The molecule has 0 aliphatic heterocycles. The largest absolute Gasteiger partial charge is 0.505 e. The van der Waals surface area contributed by atoms with Gasteiger partial charge < -0.3 is 9.52 Å². The van der Waals surface area contributed by atoms with Crippen LogP contribution in [0, 0.1) is 0 Å². The maximum atomic E-state index is 12.1. The number of aromatic nitrogens is 1. The first-order chi connectivity index (χ1) is 9.56. The van der Waals surface area contributed by atoms with Crippen molar-refractivity contribution in [2.24, 2.45) is 0 Å². The van der Waals surface area contributed by atoms with Gasteiger partial charge in [-0.1, -0.05) is 17.7 Å². The lowest BCUT2D eigenvalue weighted by Crippen LogP contribution is -2.01.